The maximum atomic E-state index is 12.6. The summed E-state index contributed by atoms with van der Waals surface area (Å²) in [6, 6.07) is 12.9. The molecule has 1 fully saturated rings. The molecule has 30 heavy (non-hydrogen) atoms. The zero-order chi connectivity index (χ0) is 21.5. The van der Waals surface area contributed by atoms with Crippen LogP contribution in [0.15, 0.2) is 42.5 Å². The van der Waals surface area contributed by atoms with Gasteiger partial charge in [-0.1, -0.05) is 43.5 Å². The van der Waals surface area contributed by atoms with Gasteiger partial charge in [-0.3, -0.25) is 19.8 Å². The Balaban J connectivity index is 1.66. The van der Waals surface area contributed by atoms with Gasteiger partial charge in [0.2, 0.25) is 0 Å². The summed E-state index contributed by atoms with van der Waals surface area (Å²) in [5.41, 5.74) is 2.25. The number of hydrogen-bond donors (Lipinski definition) is 1. The molecule has 0 atom stereocenters. The molecule has 2 aromatic carbocycles. The highest BCUT2D eigenvalue weighted by molar-refractivity contribution is 5.95. The van der Waals surface area contributed by atoms with Crippen LogP contribution in [0.2, 0.25) is 0 Å². The van der Waals surface area contributed by atoms with E-state index in [4.69, 9.17) is 4.74 Å². The number of nitrogens with zero attached hydrogens (tertiary/aromatic N) is 2. The van der Waals surface area contributed by atoms with E-state index in [1.807, 2.05) is 18.2 Å². The molecule has 1 aliphatic carbocycles. The third-order valence-corrected chi connectivity index (χ3v) is 5.81. The summed E-state index contributed by atoms with van der Waals surface area (Å²) < 4.78 is 5.00. The summed E-state index contributed by atoms with van der Waals surface area (Å²) in [5.74, 6) is -0.219. The van der Waals surface area contributed by atoms with Crippen molar-refractivity contribution in [2.45, 2.75) is 51.2 Å². The summed E-state index contributed by atoms with van der Waals surface area (Å²) in [7, 11) is 3.53. The van der Waals surface area contributed by atoms with Gasteiger partial charge in [-0.05, 0) is 43.1 Å². The quantitative estimate of drug-likeness (QED) is 0.517. The van der Waals surface area contributed by atoms with Gasteiger partial charge in [-0.2, -0.15) is 0 Å². The van der Waals surface area contributed by atoms with Gasteiger partial charge in [0.25, 0.3) is 5.91 Å². The molecule has 0 aromatic heterocycles. The van der Waals surface area contributed by atoms with Crippen molar-refractivity contribution in [3.63, 3.8) is 0 Å². The maximum absolute atomic E-state index is 12.6. The van der Waals surface area contributed by atoms with Crippen LogP contribution < -0.4 is 10.1 Å². The van der Waals surface area contributed by atoms with Crippen molar-refractivity contribution in [3.05, 3.63) is 69.3 Å². The first-order valence-corrected chi connectivity index (χ1v) is 10.4. The maximum Gasteiger partial charge on any atom is 0.311 e. The topological polar surface area (TPSA) is 84.7 Å². The number of carbonyl (C=O) groups excluding carboxylic acids is 1. The molecule has 0 heterocycles. The molecule has 0 bridgehead atoms. The molecule has 1 aliphatic rings. The highest BCUT2D eigenvalue weighted by Gasteiger charge is 2.20. The van der Waals surface area contributed by atoms with E-state index >= 15 is 0 Å². The molecule has 3 rings (SSSR count). The van der Waals surface area contributed by atoms with Crippen LogP contribution in [-0.2, 0) is 13.1 Å². The second-order valence-corrected chi connectivity index (χ2v) is 7.80. The predicted molar refractivity (Wildman–Crippen MR) is 116 cm³/mol. The first-order chi connectivity index (χ1) is 14.5. The van der Waals surface area contributed by atoms with Crippen LogP contribution in [0.25, 0.3) is 0 Å². The van der Waals surface area contributed by atoms with Crippen LogP contribution in [0.3, 0.4) is 0 Å². The summed E-state index contributed by atoms with van der Waals surface area (Å²) in [5, 5.41) is 14.1. The van der Waals surface area contributed by atoms with E-state index < -0.39 is 4.92 Å². The van der Waals surface area contributed by atoms with Crippen molar-refractivity contribution in [1.29, 1.82) is 0 Å². The number of rotatable bonds is 8. The lowest BCUT2D eigenvalue weighted by Gasteiger charge is -2.31. The average molecular weight is 412 g/mol. The first-order valence-electron chi connectivity index (χ1n) is 10.4. The normalized spacial score (nSPS) is 14.5. The Hall–Kier alpha value is -2.93. The standard InChI is InChI=1S/C23H29N3O4/c1-25(20-10-4-3-5-11-20)16-19-9-7-6-8-18(19)15-24-23(27)17-12-13-22(30-2)21(14-17)26(28)29/h6-9,12-14,20H,3-5,10-11,15-16H2,1-2H3,(H,24,27). The fourth-order valence-electron chi connectivity index (χ4n) is 4.06. The molecule has 0 radical (unpaired) electrons. The van der Waals surface area contributed by atoms with E-state index in [1.165, 1.54) is 63.0 Å². The van der Waals surface area contributed by atoms with Crippen LogP contribution >= 0.6 is 0 Å². The van der Waals surface area contributed by atoms with Gasteiger partial charge < -0.3 is 10.1 Å². The Labute approximate surface area is 177 Å². The van der Waals surface area contributed by atoms with E-state index in [-0.39, 0.29) is 22.9 Å². The van der Waals surface area contributed by atoms with Crippen LogP contribution in [0.5, 0.6) is 5.75 Å². The van der Waals surface area contributed by atoms with Crippen molar-refractivity contribution >= 4 is 11.6 Å². The third kappa shape index (κ3) is 5.36. The van der Waals surface area contributed by atoms with E-state index in [9.17, 15) is 14.9 Å². The van der Waals surface area contributed by atoms with Gasteiger partial charge in [0, 0.05) is 30.8 Å². The molecule has 160 valence electrons. The molecule has 1 amide bonds. The first kappa shape index (κ1) is 21.8. The summed E-state index contributed by atoms with van der Waals surface area (Å²) in [6.07, 6.45) is 6.40. The Morgan fingerprint density at radius 1 is 1.17 bits per heavy atom. The van der Waals surface area contributed by atoms with Crippen molar-refractivity contribution in [2.75, 3.05) is 14.2 Å². The number of nitrogens with one attached hydrogen (secondary N) is 1. The Bertz CT molecular complexity index is 894. The van der Waals surface area contributed by atoms with Gasteiger partial charge in [-0.15, -0.1) is 0 Å². The molecule has 0 spiro atoms. The van der Waals surface area contributed by atoms with Crippen LogP contribution in [0.4, 0.5) is 5.69 Å². The predicted octanol–water partition coefficient (Wildman–Crippen LogP) is 4.30. The minimum atomic E-state index is -0.550. The monoisotopic (exact) mass is 411 g/mol. The van der Waals surface area contributed by atoms with Crippen molar-refractivity contribution in [3.8, 4) is 5.75 Å². The molecule has 1 saturated carbocycles. The van der Waals surface area contributed by atoms with Crippen molar-refractivity contribution < 1.29 is 14.5 Å². The lowest BCUT2D eigenvalue weighted by molar-refractivity contribution is -0.385. The zero-order valence-electron chi connectivity index (χ0n) is 17.6. The molecule has 2 aromatic rings. The van der Waals surface area contributed by atoms with Crippen LogP contribution in [0.1, 0.15) is 53.6 Å². The van der Waals surface area contributed by atoms with Crippen molar-refractivity contribution in [2.24, 2.45) is 0 Å². The number of nitro benzene ring substituents is 1. The summed E-state index contributed by atoms with van der Waals surface area (Å²) in [4.78, 5) is 25.6. The lowest BCUT2D eigenvalue weighted by Crippen LogP contribution is -2.33. The largest absolute Gasteiger partial charge is 0.490 e. The van der Waals surface area contributed by atoms with Gasteiger partial charge in [0.05, 0.1) is 12.0 Å². The molecule has 0 aliphatic heterocycles. The third-order valence-electron chi connectivity index (χ3n) is 5.81. The van der Waals surface area contributed by atoms with Crippen molar-refractivity contribution in [1.82, 2.24) is 10.2 Å². The molecular formula is C23H29N3O4. The SMILES string of the molecule is COc1ccc(C(=O)NCc2ccccc2CN(C)C2CCCCC2)cc1[N+](=O)[O-]. The van der Waals surface area contributed by atoms with Crippen LogP contribution in [0, 0.1) is 10.1 Å². The highest BCUT2D eigenvalue weighted by atomic mass is 16.6. The highest BCUT2D eigenvalue weighted by Crippen LogP contribution is 2.27. The Morgan fingerprint density at radius 2 is 1.87 bits per heavy atom. The lowest BCUT2D eigenvalue weighted by atomic mass is 9.94. The van der Waals surface area contributed by atoms with Gasteiger partial charge in [0.15, 0.2) is 5.75 Å². The minimum Gasteiger partial charge on any atom is -0.490 e. The molecule has 7 nitrogen and oxygen atoms in total. The number of benzene rings is 2. The number of carbonyl (C=O) groups is 1. The summed E-state index contributed by atoms with van der Waals surface area (Å²) in [6.45, 7) is 1.21. The number of nitro groups is 1. The van der Waals surface area contributed by atoms with Crippen LogP contribution in [-0.4, -0.2) is 35.9 Å². The number of ether oxygens (including phenoxy) is 1. The van der Waals surface area contributed by atoms with Gasteiger partial charge in [0.1, 0.15) is 0 Å². The smallest absolute Gasteiger partial charge is 0.311 e. The van der Waals surface area contributed by atoms with Gasteiger partial charge in [-0.25, -0.2) is 0 Å². The fraction of sp³-hybridized carbons (Fsp3) is 0.435. The Kier molecular flexibility index (Phi) is 7.41. The second-order valence-electron chi connectivity index (χ2n) is 7.80. The minimum absolute atomic E-state index is 0.132. The molecule has 7 heteroatoms. The van der Waals surface area contributed by atoms with Gasteiger partial charge >= 0.3 is 5.69 Å². The van der Waals surface area contributed by atoms with E-state index in [1.54, 1.807) is 0 Å². The molecule has 0 saturated heterocycles. The molecular weight excluding hydrogens is 382 g/mol. The fourth-order valence-corrected chi connectivity index (χ4v) is 4.06. The summed E-state index contributed by atoms with van der Waals surface area (Å²) >= 11 is 0. The second kappa shape index (κ2) is 10.2. The Morgan fingerprint density at radius 3 is 2.53 bits per heavy atom. The molecule has 1 N–H and O–H groups in total. The van der Waals surface area contributed by atoms with E-state index in [0.29, 0.717) is 12.6 Å². The number of amides is 1. The zero-order valence-corrected chi connectivity index (χ0v) is 17.6. The molecule has 0 unspecified atom stereocenters. The number of methoxy groups -OCH3 is 1. The number of hydrogen-bond acceptors (Lipinski definition) is 5. The van der Waals surface area contributed by atoms with E-state index in [0.717, 1.165) is 12.1 Å². The van der Waals surface area contributed by atoms with E-state index in [2.05, 4.69) is 23.3 Å². The average Bonchev–Trinajstić information content (AvgIpc) is 2.78.